The summed E-state index contributed by atoms with van der Waals surface area (Å²) in [5, 5.41) is 8.15. The van der Waals surface area contributed by atoms with E-state index in [1.807, 2.05) is 30.2 Å². The number of nitrogens with zero attached hydrogens (tertiary/aromatic N) is 3. The normalized spacial score (nSPS) is 18.0. The van der Waals surface area contributed by atoms with Gasteiger partial charge in [0.2, 0.25) is 0 Å². The Labute approximate surface area is 152 Å². The summed E-state index contributed by atoms with van der Waals surface area (Å²) in [4.78, 5) is 19.1. The van der Waals surface area contributed by atoms with Crippen LogP contribution in [0.25, 0.3) is 10.9 Å². The van der Waals surface area contributed by atoms with E-state index in [-0.39, 0.29) is 11.8 Å². The molecule has 4 rings (SSSR count). The van der Waals surface area contributed by atoms with Crippen molar-refractivity contribution in [2.45, 2.75) is 13.3 Å². The first-order chi connectivity index (χ1) is 12.7. The van der Waals surface area contributed by atoms with Gasteiger partial charge in [-0.1, -0.05) is 6.07 Å². The standard InChI is InChI=1S/C20H22N4O2/c1-14-18(3-2-6-21-14)20(25)24-7-8-26-13-16(12-24)9-15-4-5-19-17(10-15)11-22-23-19/h2-6,10-11,16H,7-9,12-13H2,1H3,(H,22,23)/t16-/m1/s1. The fraction of sp³-hybridized carbons (Fsp3) is 0.350. The minimum atomic E-state index is 0.0383. The van der Waals surface area contributed by atoms with Crippen LogP contribution in [-0.4, -0.2) is 52.3 Å². The van der Waals surface area contributed by atoms with Gasteiger partial charge >= 0.3 is 0 Å². The topological polar surface area (TPSA) is 71.1 Å². The fourth-order valence-electron chi connectivity index (χ4n) is 3.52. The number of H-pyrrole nitrogens is 1. The molecule has 6 nitrogen and oxygen atoms in total. The van der Waals surface area contributed by atoms with Crippen molar-refractivity contribution in [3.05, 3.63) is 59.5 Å². The number of ether oxygens (including phenoxy) is 1. The molecular formula is C20H22N4O2. The Balaban J connectivity index is 1.50. The molecular weight excluding hydrogens is 328 g/mol. The number of hydrogen-bond donors (Lipinski definition) is 1. The Kier molecular flexibility index (Phi) is 4.67. The highest BCUT2D eigenvalue weighted by atomic mass is 16.5. The van der Waals surface area contributed by atoms with E-state index in [9.17, 15) is 4.79 Å². The van der Waals surface area contributed by atoms with Crippen LogP contribution < -0.4 is 0 Å². The lowest BCUT2D eigenvalue weighted by molar-refractivity contribution is 0.0736. The van der Waals surface area contributed by atoms with Crippen LogP contribution >= 0.6 is 0 Å². The molecule has 1 saturated heterocycles. The first kappa shape index (κ1) is 16.7. The number of benzene rings is 1. The number of hydrogen-bond acceptors (Lipinski definition) is 4. The lowest BCUT2D eigenvalue weighted by Gasteiger charge is -2.24. The van der Waals surface area contributed by atoms with Crippen LogP contribution in [0.3, 0.4) is 0 Å². The summed E-state index contributed by atoms with van der Waals surface area (Å²) in [7, 11) is 0. The molecule has 0 radical (unpaired) electrons. The predicted molar refractivity (Wildman–Crippen MR) is 99.0 cm³/mol. The number of nitrogens with one attached hydrogen (secondary N) is 1. The van der Waals surface area contributed by atoms with E-state index in [2.05, 4.69) is 33.4 Å². The van der Waals surface area contributed by atoms with E-state index in [4.69, 9.17) is 4.74 Å². The van der Waals surface area contributed by atoms with Crippen molar-refractivity contribution in [1.82, 2.24) is 20.1 Å². The molecule has 134 valence electrons. The number of carbonyl (C=O) groups is 1. The molecule has 1 aliphatic rings. The highest BCUT2D eigenvalue weighted by Crippen LogP contribution is 2.19. The van der Waals surface area contributed by atoms with Crippen molar-refractivity contribution in [2.75, 3.05) is 26.3 Å². The van der Waals surface area contributed by atoms with Gasteiger partial charge in [-0.15, -0.1) is 0 Å². The Morgan fingerprint density at radius 3 is 3.19 bits per heavy atom. The highest BCUT2D eigenvalue weighted by Gasteiger charge is 2.24. The SMILES string of the molecule is Cc1ncccc1C(=O)N1CCOC[C@H](Cc2ccc3[nH]ncc3c2)C1. The monoisotopic (exact) mass is 350 g/mol. The molecule has 1 amide bonds. The van der Waals surface area contributed by atoms with E-state index in [0.717, 1.165) is 23.0 Å². The maximum absolute atomic E-state index is 12.9. The molecule has 26 heavy (non-hydrogen) atoms. The summed E-state index contributed by atoms with van der Waals surface area (Å²) >= 11 is 0. The maximum Gasteiger partial charge on any atom is 0.255 e. The van der Waals surface area contributed by atoms with Gasteiger partial charge in [-0.3, -0.25) is 14.9 Å². The summed E-state index contributed by atoms with van der Waals surface area (Å²) in [6.07, 6.45) is 4.42. The smallest absolute Gasteiger partial charge is 0.255 e. The van der Waals surface area contributed by atoms with Crippen LogP contribution in [0, 0.1) is 12.8 Å². The van der Waals surface area contributed by atoms with Gasteiger partial charge in [0.05, 0.1) is 30.5 Å². The highest BCUT2D eigenvalue weighted by molar-refractivity contribution is 5.95. The van der Waals surface area contributed by atoms with Crippen molar-refractivity contribution in [1.29, 1.82) is 0 Å². The molecule has 0 saturated carbocycles. The molecule has 6 heteroatoms. The molecule has 1 atom stereocenters. The van der Waals surface area contributed by atoms with E-state index in [1.54, 1.807) is 6.20 Å². The van der Waals surface area contributed by atoms with Crippen LogP contribution in [0.1, 0.15) is 21.6 Å². The Hall–Kier alpha value is -2.73. The summed E-state index contributed by atoms with van der Waals surface area (Å²) < 4.78 is 5.77. The second-order valence-electron chi connectivity index (χ2n) is 6.82. The number of carbonyl (C=O) groups excluding carboxylic acids is 1. The molecule has 0 spiro atoms. The van der Waals surface area contributed by atoms with E-state index in [1.165, 1.54) is 5.56 Å². The summed E-state index contributed by atoms with van der Waals surface area (Å²) in [5.74, 6) is 0.305. The van der Waals surface area contributed by atoms with Crippen LogP contribution in [0.5, 0.6) is 0 Å². The Bertz CT molecular complexity index is 921. The van der Waals surface area contributed by atoms with Gasteiger partial charge in [-0.2, -0.15) is 5.10 Å². The Morgan fingerprint density at radius 2 is 2.31 bits per heavy atom. The fourth-order valence-corrected chi connectivity index (χ4v) is 3.52. The number of fused-ring (bicyclic) bond motifs is 1. The average molecular weight is 350 g/mol. The first-order valence-electron chi connectivity index (χ1n) is 8.91. The van der Waals surface area contributed by atoms with Gasteiger partial charge in [0.1, 0.15) is 0 Å². The zero-order valence-electron chi connectivity index (χ0n) is 14.8. The van der Waals surface area contributed by atoms with Gasteiger partial charge in [0.25, 0.3) is 5.91 Å². The first-order valence-corrected chi connectivity index (χ1v) is 8.91. The number of rotatable bonds is 3. The molecule has 0 bridgehead atoms. The molecule has 2 aromatic heterocycles. The summed E-state index contributed by atoms with van der Waals surface area (Å²) in [6.45, 7) is 4.42. The number of aromatic nitrogens is 3. The maximum atomic E-state index is 12.9. The number of pyridine rings is 1. The van der Waals surface area contributed by atoms with Crippen LogP contribution in [0.4, 0.5) is 0 Å². The van der Waals surface area contributed by atoms with Crippen LogP contribution in [-0.2, 0) is 11.2 Å². The molecule has 1 fully saturated rings. The van der Waals surface area contributed by atoms with Gasteiger partial charge in [-0.05, 0) is 43.2 Å². The third-order valence-corrected chi connectivity index (χ3v) is 4.89. The van der Waals surface area contributed by atoms with Gasteiger partial charge in [0, 0.05) is 36.3 Å². The number of aromatic amines is 1. The molecule has 0 unspecified atom stereocenters. The average Bonchev–Trinajstić information content (AvgIpc) is 2.99. The quantitative estimate of drug-likeness (QED) is 0.788. The molecule has 3 heterocycles. The van der Waals surface area contributed by atoms with Crippen LogP contribution in [0.15, 0.2) is 42.7 Å². The second kappa shape index (κ2) is 7.25. The molecule has 3 aromatic rings. The number of amides is 1. The van der Waals surface area contributed by atoms with Crippen molar-refractivity contribution < 1.29 is 9.53 Å². The van der Waals surface area contributed by atoms with Crippen LogP contribution in [0.2, 0.25) is 0 Å². The molecule has 1 aromatic carbocycles. The van der Waals surface area contributed by atoms with E-state index in [0.29, 0.717) is 31.9 Å². The summed E-state index contributed by atoms with van der Waals surface area (Å²) in [5.41, 5.74) is 3.71. The minimum absolute atomic E-state index is 0.0383. The Morgan fingerprint density at radius 1 is 1.38 bits per heavy atom. The van der Waals surface area contributed by atoms with Crippen molar-refractivity contribution in [3.63, 3.8) is 0 Å². The predicted octanol–water partition coefficient (Wildman–Crippen LogP) is 2.60. The van der Waals surface area contributed by atoms with Crippen molar-refractivity contribution in [2.24, 2.45) is 5.92 Å². The van der Waals surface area contributed by atoms with E-state index < -0.39 is 0 Å². The lowest BCUT2D eigenvalue weighted by atomic mass is 9.98. The molecule has 1 N–H and O–H groups in total. The third-order valence-electron chi connectivity index (χ3n) is 4.89. The van der Waals surface area contributed by atoms with Gasteiger partial charge in [0.15, 0.2) is 0 Å². The summed E-state index contributed by atoms with van der Waals surface area (Å²) in [6, 6.07) is 9.98. The van der Waals surface area contributed by atoms with Crippen molar-refractivity contribution >= 4 is 16.8 Å². The zero-order valence-corrected chi connectivity index (χ0v) is 14.8. The third kappa shape index (κ3) is 3.46. The largest absolute Gasteiger partial charge is 0.379 e. The minimum Gasteiger partial charge on any atom is -0.379 e. The zero-order chi connectivity index (χ0) is 17.9. The van der Waals surface area contributed by atoms with Gasteiger partial charge in [-0.25, -0.2) is 0 Å². The van der Waals surface area contributed by atoms with E-state index >= 15 is 0 Å². The van der Waals surface area contributed by atoms with Crippen molar-refractivity contribution in [3.8, 4) is 0 Å². The van der Waals surface area contributed by atoms with Gasteiger partial charge < -0.3 is 9.64 Å². The lowest BCUT2D eigenvalue weighted by Crippen LogP contribution is -2.36. The molecule has 1 aliphatic heterocycles. The second-order valence-corrected chi connectivity index (χ2v) is 6.82. The molecule has 0 aliphatic carbocycles. The number of aryl methyl sites for hydroxylation is 1.